The van der Waals surface area contributed by atoms with Crippen molar-refractivity contribution in [3.8, 4) is 11.1 Å². The Kier molecular flexibility index (Phi) is 2.46. The van der Waals surface area contributed by atoms with Crippen LogP contribution >= 0.6 is 0 Å². The molecule has 0 saturated heterocycles. The summed E-state index contributed by atoms with van der Waals surface area (Å²) in [5.41, 5.74) is 1.04. The monoisotopic (exact) mass is 226 g/mol. The summed E-state index contributed by atoms with van der Waals surface area (Å²) < 4.78 is 40.8. The lowest BCUT2D eigenvalue weighted by Gasteiger charge is -2.02. The first kappa shape index (κ1) is 10.7. The second-order valence-corrected chi connectivity index (χ2v) is 3.52. The maximum atomic E-state index is 13.5. The van der Waals surface area contributed by atoms with Gasteiger partial charge in [0.15, 0.2) is 17.5 Å². The summed E-state index contributed by atoms with van der Waals surface area (Å²) >= 11 is 0. The van der Waals surface area contributed by atoms with Crippen molar-refractivity contribution < 1.29 is 13.2 Å². The summed E-state index contributed by atoms with van der Waals surface area (Å²) in [4.78, 5) is 0. The normalized spacial score (nSPS) is 10.8. The van der Waals surface area contributed by atoms with Crippen LogP contribution in [0.3, 0.4) is 0 Å². The second-order valence-electron chi connectivity index (χ2n) is 3.52. The molecule has 0 bridgehead atoms. The molecule has 1 aromatic carbocycles. The average molecular weight is 226 g/mol. The van der Waals surface area contributed by atoms with Gasteiger partial charge in [-0.1, -0.05) is 0 Å². The summed E-state index contributed by atoms with van der Waals surface area (Å²) in [6.07, 6.45) is 1.56. The van der Waals surface area contributed by atoms with Gasteiger partial charge in [0.2, 0.25) is 0 Å². The number of hydrogen-bond donors (Lipinski definition) is 0. The van der Waals surface area contributed by atoms with Crippen molar-refractivity contribution in [2.24, 2.45) is 7.05 Å². The molecule has 0 spiro atoms. The highest BCUT2D eigenvalue weighted by atomic mass is 19.2. The van der Waals surface area contributed by atoms with Gasteiger partial charge in [-0.15, -0.1) is 0 Å². The van der Waals surface area contributed by atoms with Gasteiger partial charge in [0.1, 0.15) is 0 Å². The van der Waals surface area contributed by atoms with E-state index in [2.05, 4.69) is 5.10 Å². The second kappa shape index (κ2) is 3.66. The predicted octanol–water partition coefficient (Wildman–Crippen LogP) is 2.81. The van der Waals surface area contributed by atoms with E-state index >= 15 is 0 Å². The number of rotatable bonds is 1. The quantitative estimate of drug-likeness (QED) is 0.684. The summed E-state index contributed by atoms with van der Waals surface area (Å²) in [6, 6.07) is 2.11. The van der Waals surface area contributed by atoms with E-state index in [1.165, 1.54) is 10.7 Å². The fourth-order valence-electron chi connectivity index (χ4n) is 1.60. The molecule has 0 fully saturated rings. The van der Waals surface area contributed by atoms with Crippen LogP contribution in [0.1, 0.15) is 5.69 Å². The van der Waals surface area contributed by atoms with E-state index in [1.807, 2.05) is 0 Å². The molecule has 0 atom stereocenters. The highest BCUT2D eigenvalue weighted by Crippen LogP contribution is 2.27. The fraction of sp³-hybridized carbons (Fsp3) is 0.182. The molecular formula is C11H9F3N2. The third kappa shape index (κ3) is 1.58. The highest BCUT2D eigenvalue weighted by molar-refractivity contribution is 5.65. The Morgan fingerprint density at radius 3 is 2.31 bits per heavy atom. The molecule has 16 heavy (non-hydrogen) atoms. The zero-order valence-electron chi connectivity index (χ0n) is 8.76. The Labute approximate surface area is 90.3 Å². The predicted molar refractivity (Wildman–Crippen MR) is 53.3 cm³/mol. The molecule has 0 aliphatic rings. The minimum absolute atomic E-state index is 0.0181. The van der Waals surface area contributed by atoms with Crippen molar-refractivity contribution in [2.75, 3.05) is 0 Å². The molecule has 0 saturated carbocycles. The molecule has 2 rings (SSSR count). The molecule has 84 valence electrons. The molecular weight excluding hydrogens is 217 g/mol. The molecule has 2 nitrogen and oxygen atoms in total. The Hall–Kier alpha value is -1.78. The SMILES string of the molecule is Cc1nn(C)cc1-c1ccc(F)c(F)c1F. The van der Waals surface area contributed by atoms with Gasteiger partial charge in [-0.05, 0) is 19.1 Å². The van der Waals surface area contributed by atoms with Crippen LogP contribution in [0.25, 0.3) is 11.1 Å². The van der Waals surface area contributed by atoms with Crippen molar-refractivity contribution in [1.82, 2.24) is 9.78 Å². The number of aromatic nitrogens is 2. The number of nitrogens with zero attached hydrogens (tertiary/aromatic N) is 2. The van der Waals surface area contributed by atoms with Gasteiger partial charge in [-0.3, -0.25) is 4.68 Å². The summed E-state index contributed by atoms with van der Waals surface area (Å²) in [5.74, 6) is -3.83. The lowest BCUT2D eigenvalue weighted by atomic mass is 10.1. The Morgan fingerprint density at radius 2 is 1.75 bits per heavy atom. The Bertz CT molecular complexity index is 546. The Morgan fingerprint density at radius 1 is 1.06 bits per heavy atom. The molecule has 0 aliphatic heterocycles. The average Bonchev–Trinajstić information content (AvgIpc) is 2.55. The molecule has 1 heterocycles. The van der Waals surface area contributed by atoms with Crippen LogP contribution in [0.2, 0.25) is 0 Å². The lowest BCUT2D eigenvalue weighted by molar-refractivity contribution is 0.449. The summed E-state index contributed by atoms with van der Waals surface area (Å²) in [7, 11) is 1.67. The van der Waals surface area contributed by atoms with Crippen LogP contribution in [-0.4, -0.2) is 9.78 Å². The van der Waals surface area contributed by atoms with Crippen molar-refractivity contribution >= 4 is 0 Å². The van der Waals surface area contributed by atoms with Gasteiger partial charge in [-0.2, -0.15) is 5.10 Å². The molecule has 0 radical (unpaired) electrons. The van der Waals surface area contributed by atoms with Crippen LogP contribution in [0.5, 0.6) is 0 Å². The van der Waals surface area contributed by atoms with E-state index in [4.69, 9.17) is 0 Å². The maximum Gasteiger partial charge on any atom is 0.195 e. The minimum Gasteiger partial charge on any atom is -0.275 e. The van der Waals surface area contributed by atoms with E-state index in [-0.39, 0.29) is 5.56 Å². The molecule has 0 N–H and O–H groups in total. The summed E-state index contributed by atoms with van der Waals surface area (Å²) in [6.45, 7) is 1.68. The van der Waals surface area contributed by atoms with Gasteiger partial charge < -0.3 is 0 Å². The topological polar surface area (TPSA) is 17.8 Å². The molecule has 0 aliphatic carbocycles. The standard InChI is InChI=1S/C11H9F3N2/c1-6-8(5-16(2)15-6)7-3-4-9(12)11(14)10(7)13/h3-5H,1-2H3. The van der Waals surface area contributed by atoms with E-state index in [0.717, 1.165) is 6.07 Å². The van der Waals surface area contributed by atoms with Crippen molar-refractivity contribution in [3.05, 3.63) is 41.5 Å². The molecule has 1 aromatic heterocycles. The van der Waals surface area contributed by atoms with Gasteiger partial charge in [0, 0.05) is 24.4 Å². The molecule has 2 aromatic rings. The molecule has 5 heteroatoms. The third-order valence-electron chi connectivity index (χ3n) is 2.34. The van der Waals surface area contributed by atoms with Gasteiger partial charge >= 0.3 is 0 Å². The Balaban J connectivity index is 2.65. The maximum absolute atomic E-state index is 13.5. The van der Waals surface area contributed by atoms with Crippen molar-refractivity contribution in [2.45, 2.75) is 6.92 Å². The van der Waals surface area contributed by atoms with Crippen LogP contribution in [0.4, 0.5) is 13.2 Å². The van der Waals surface area contributed by atoms with Gasteiger partial charge in [0.05, 0.1) is 5.69 Å². The first-order valence-corrected chi connectivity index (χ1v) is 4.65. The van der Waals surface area contributed by atoms with Crippen LogP contribution in [0, 0.1) is 24.4 Å². The lowest BCUT2D eigenvalue weighted by Crippen LogP contribution is -1.94. The number of aryl methyl sites for hydroxylation is 2. The zero-order chi connectivity index (χ0) is 11.9. The minimum atomic E-state index is -1.46. The van der Waals surface area contributed by atoms with Gasteiger partial charge in [-0.25, -0.2) is 13.2 Å². The number of halogens is 3. The largest absolute Gasteiger partial charge is 0.275 e. The van der Waals surface area contributed by atoms with Gasteiger partial charge in [0.25, 0.3) is 0 Å². The first-order valence-electron chi connectivity index (χ1n) is 4.65. The zero-order valence-corrected chi connectivity index (χ0v) is 8.76. The number of benzene rings is 1. The van der Waals surface area contributed by atoms with Crippen LogP contribution in [-0.2, 0) is 7.05 Å². The van der Waals surface area contributed by atoms with E-state index in [0.29, 0.717) is 11.3 Å². The third-order valence-corrected chi connectivity index (χ3v) is 2.34. The van der Waals surface area contributed by atoms with E-state index in [1.54, 1.807) is 20.2 Å². The van der Waals surface area contributed by atoms with Crippen molar-refractivity contribution in [1.29, 1.82) is 0 Å². The number of hydrogen-bond acceptors (Lipinski definition) is 1. The van der Waals surface area contributed by atoms with E-state index in [9.17, 15) is 13.2 Å². The highest BCUT2D eigenvalue weighted by Gasteiger charge is 2.17. The van der Waals surface area contributed by atoms with Crippen molar-refractivity contribution in [3.63, 3.8) is 0 Å². The fourth-order valence-corrected chi connectivity index (χ4v) is 1.60. The molecule has 0 amide bonds. The summed E-state index contributed by atoms with van der Waals surface area (Å²) in [5, 5.41) is 4.01. The first-order chi connectivity index (χ1) is 7.50. The van der Waals surface area contributed by atoms with E-state index < -0.39 is 17.5 Å². The van der Waals surface area contributed by atoms with Crippen LogP contribution in [0.15, 0.2) is 18.3 Å². The smallest absolute Gasteiger partial charge is 0.195 e. The van der Waals surface area contributed by atoms with Crippen LogP contribution < -0.4 is 0 Å². The molecule has 0 unspecified atom stereocenters.